The summed E-state index contributed by atoms with van der Waals surface area (Å²) in [5, 5.41) is 11.5. The predicted octanol–water partition coefficient (Wildman–Crippen LogP) is 3.35. The lowest BCUT2D eigenvalue weighted by Crippen LogP contribution is -2.14. The summed E-state index contributed by atoms with van der Waals surface area (Å²) in [6.45, 7) is 6.11. The molecule has 0 bridgehead atoms. The molecule has 0 spiro atoms. The number of benzene rings is 1. The molecule has 102 valence electrons. The molecule has 0 radical (unpaired) electrons. The number of nitrogens with one attached hydrogen (secondary N) is 1. The molecule has 2 aromatic rings. The number of hydrogen-bond donors (Lipinski definition) is 1. The summed E-state index contributed by atoms with van der Waals surface area (Å²) in [5.41, 5.74) is 2.14. The highest BCUT2D eigenvalue weighted by atomic mass is 79.9. The Kier molecular flexibility index (Phi) is 5.10. The van der Waals surface area contributed by atoms with Crippen molar-refractivity contribution in [3.8, 4) is 11.5 Å². The highest BCUT2D eigenvalue weighted by Crippen LogP contribution is 2.28. The van der Waals surface area contributed by atoms with Crippen LogP contribution < -0.4 is 5.32 Å². The number of aromatic nitrogens is 2. The maximum Gasteiger partial charge on any atom is 0.248 e. The Morgan fingerprint density at radius 3 is 2.89 bits per heavy atom. The summed E-state index contributed by atoms with van der Waals surface area (Å²) >= 11 is 3.53. The van der Waals surface area contributed by atoms with Crippen LogP contribution in [-0.4, -0.2) is 23.3 Å². The van der Waals surface area contributed by atoms with Crippen LogP contribution in [0.3, 0.4) is 0 Å². The molecule has 5 heteroatoms. The summed E-state index contributed by atoms with van der Waals surface area (Å²) in [6, 6.07) is 6.08. The van der Waals surface area contributed by atoms with Crippen molar-refractivity contribution in [3.05, 3.63) is 34.1 Å². The van der Waals surface area contributed by atoms with E-state index in [9.17, 15) is 0 Å². The molecular weight excluding hydrogens is 306 g/mol. The van der Waals surface area contributed by atoms with E-state index >= 15 is 0 Å². The minimum absolute atomic E-state index is 0.574. The van der Waals surface area contributed by atoms with Gasteiger partial charge in [-0.15, -0.1) is 10.2 Å². The van der Waals surface area contributed by atoms with E-state index in [-0.39, 0.29) is 0 Å². The van der Waals surface area contributed by atoms with Gasteiger partial charge in [0.05, 0.1) is 5.56 Å². The van der Waals surface area contributed by atoms with Crippen LogP contribution in [0.2, 0.25) is 0 Å². The van der Waals surface area contributed by atoms with Gasteiger partial charge < -0.3 is 9.73 Å². The van der Waals surface area contributed by atoms with Crippen LogP contribution in [0, 0.1) is 6.92 Å². The van der Waals surface area contributed by atoms with Gasteiger partial charge in [0.2, 0.25) is 11.8 Å². The first-order valence-corrected chi connectivity index (χ1v) is 7.29. The first-order valence-electron chi connectivity index (χ1n) is 6.50. The molecule has 2 rings (SSSR count). The molecule has 0 aliphatic rings. The van der Waals surface area contributed by atoms with Gasteiger partial charge in [-0.3, -0.25) is 0 Å². The molecule has 0 fully saturated rings. The van der Waals surface area contributed by atoms with Crippen molar-refractivity contribution < 1.29 is 4.42 Å². The first-order chi connectivity index (χ1) is 9.20. The normalized spacial score (nSPS) is 10.9. The standard InChI is InChI=1S/C14H18BrN3O/c1-3-16-8-4-5-13-17-18-14(19-13)11-7-6-10(2)9-12(11)15/h6-7,9,16H,3-5,8H2,1-2H3. The van der Waals surface area contributed by atoms with E-state index in [0.29, 0.717) is 11.8 Å². The van der Waals surface area contributed by atoms with E-state index < -0.39 is 0 Å². The minimum Gasteiger partial charge on any atom is -0.421 e. The van der Waals surface area contributed by atoms with Crippen LogP contribution in [0.4, 0.5) is 0 Å². The second kappa shape index (κ2) is 6.82. The zero-order valence-electron chi connectivity index (χ0n) is 11.2. The Morgan fingerprint density at radius 2 is 2.16 bits per heavy atom. The fourth-order valence-corrected chi connectivity index (χ4v) is 2.46. The molecule has 0 atom stereocenters. The molecule has 0 amide bonds. The lowest BCUT2D eigenvalue weighted by Gasteiger charge is -2.00. The Morgan fingerprint density at radius 1 is 1.32 bits per heavy atom. The van der Waals surface area contributed by atoms with Crippen LogP contribution in [0.25, 0.3) is 11.5 Å². The molecule has 1 aromatic heterocycles. The highest BCUT2D eigenvalue weighted by Gasteiger charge is 2.11. The molecule has 19 heavy (non-hydrogen) atoms. The average Bonchev–Trinajstić information content (AvgIpc) is 2.83. The molecule has 1 N–H and O–H groups in total. The first kappa shape index (κ1) is 14.2. The van der Waals surface area contributed by atoms with Crippen LogP contribution in [0.5, 0.6) is 0 Å². The van der Waals surface area contributed by atoms with E-state index in [1.165, 1.54) is 5.56 Å². The van der Waals surface area contributed by atoms with Gasteiger partial charge >= 0.3 is 0 Å². The molecule has 0 saturated heterocycles. The van der Waals surface area contributed by atoms with Crippen LogP contribution in [0.1, 0.15) is 24.8 Å². The predicted molar refractivity (Wildman–Crippen MR) is 79.0 cm³/mol. The second-order valence-corrected chi connectivity index (χ2v) is 5.30. The Balaban J connectivity index is 2.04. The molecule has 1 heterocycles. The van der Waals surface area contributed by atoms with Gasteiger partial charge in [0.15, 0.2) is 0 Å². The zero-order chi connectivity index (χ0) is 13.7. The third kappa shape index (κ3) is 3.88. The quantitative estimate of drug-likeness (QED) is 0.828. The van der Waals surface area contributed by atoms with Crippen LogP contribution in [-0.2, 0) is 6.42 Å². The minimum atomic E-state index is 0.574. The van der Waals surface area contributed by atoms with Crippen molar-refractivity contribution in [2.45, 2.75) is 26.7 Å². The van der Waals surface area contributed by atoms with E-state index in [1.54, 1.807) is 0 Å². The van der Waals surface area contributed by atoms with Crippen molar-refractivity contribution in [1.29, 1.82) is 0 Å². The van der Waals surface area contributed by atoms with Gasteiger partial charge in [-0.05, 0) is 60.1 Å². The van der Waals surface area contributed by atoms with Gasteiger partial charge in [-0.25, -0.2) is 0 Å². The summed E-state index contributed by atoms with van der Waals surface area (Å²) in [6.07, 6.45) is 1.81. The van der Waals surface area contributed by atoms with E-state index in [4.69, 9.17) is 4.42 Å². The largest absolute Gasteiger partial charge is 0.421 e. The average molecular weight is 324 g/mol. The van der Waals surface area contributed by atoms with Crippen LogP contribution >= 0.6 is 15.9 Å². The number of rotatable bonds is 6. The summed E-state index contributed by atoms with van der Waals surface area (Å²) in [7, 11) is 0. The molecule has 0 saturated carbocycles. The summed E-state index contributed by atoms with van der Waals surface area (Å²) in [4.78, 5) is 0. The second-order valence-electron chi connectivity index (χ2n) is 4.44. The van der Waals surface area contributed by atoms with Gasteiger partial charge in [-0.1, -0.05) is 13.0 Å². The highest BCUT2D eigenvalue weighted by molar-refractivity contribution is 9.10. The van der Waals surface area contributed by atoms with E-state index in [1.807, 2.05) is 18.2 Å². The fraction of sp³-hybridized carbons (Fsp3) is 0.429. The monoisotopic (exact) mass is 323 g/mol. The molecule has 4 nitrogen and oxygen atoms in total. The van der Waals surface area contributed by atoms with Gasteiger partial charge in [0.25, 0.3) is 0 Å². The number of aryl methyl sites for hydroxylation is 2. The van der Waals surface area contributed by atoms with Crippen molar-refractivity contribution in [1.82, 2.24) is 15.5 Å². The number of hydrogen-bond acceptors (Lipinski definition) is 4. The lowest BCUT2D eigenvalue weighted by molar-refractivity contribution is 0.492. The molecule has 0 aliphatic carbocycles. The number of nitrogens with zero attached hydrogens (tertiary/aromatic N) is 2. The van der Waals surface area contributed by atoms with Crippen molar-refractivity contribution in [2.75, 3.05) is 13.1 Å². The zero-order valence-corrected chi connectivity index (χ0v) is 12.8. The SMILES string of the molecule is CCNCCCc1nnc(-c2ccc(C)cc2Br)o1. The molecule has 0 aliphatic heterocycles. The molecule has 1 aromatic carbocycles. The fourth-order valence-electron chi connectivity index (χ4n) is 1.80. The molecule has 0 unspecified atom stereocenters. The third-order valence-corrected chi connectivity index (χ3v) is 3.47. The van der Waals surface area contributed by atoms with Gasteiger partial charge in [0.1, 0.15) is 0 Å². The lowest BCUT2D eigenvalue weighted by atomic mass is 10.1. The Hall–Kier alpha value is -1.20. The van der Waals surface area contributed by atoms with E-state index in [2.05, 4.69) is 45.3 Å². The third-order valence-electron chi connectivity index (χ3n) is 2.82. The van der Waals surface area contributed by atoms with Crippen molar-refractivity contribution in [3.63, 3.8) is 0 Å². The molecular formula is C14H18BrN3O. The summed E-state index contributed by atoms with van der Waals surface area (Å²) in [5.74, 6) is 1.27. The Bertz CT molecular complexity index is 539. The topological polar surface area (TPSA) is 51.0 Å². The number of halogens is 1. The van der Waals surface area contributed by atoms with Crippen LogP contribution in [0.15, 0.2) is 27.1 Å². The van der Waals surface area contributed by atoms with Crippen molar-refractivity contribution >= 4 is 15.9 Å². The Labute approximate surface area is 121 Å². The van der Waals surface area contributed by atoms with Gasteiger partial charge in [0, 0.05) is 10.9 Å². The van der Waals surface area contributed by atoms with Crippen molar-refractivity contribution in [2.24, 2.45) is 0 Å². The maximum absolute atomic E-state index is 5.69. The van der Waals surface area contributed by atoms with Gasteiger partial charge in [-0.2, -0.15) is 0 Å². The summed E-state index contributed by atoms with van der Waals surface area (Å²) < 4.78 is 6.67. The smallest absolute Gasteiger partial charge is 0.248 e. The maximum atomic E-state index is 5.69. The van der Waals surface area contributed by atoms with E-state index in [0.717, 1.165) is 36.0 Å².